The Bertz CT molecular complexity index is 534. The number of carboxylic acid groups (broad SMARTS) is 1. The van der Waals surface area contributed by atoms with E-state index in [1.54, 1.807) is 0 Å². The van der Waals surface area contributed by atoms with E-state index < -0.39 is 18.0 Å². The number of carboxylic acids is 1. The highest BCUT2D eigenvalue weighted by molar-refractivity contribution is 5.91. The number of imide groups is 1. The highest BCUT2D eigenvalue weighted by atomic mass is 16.5. The number of methoxy groups -OCH3 is 1. The first-order chi connectivity index (χ1) is 9.02. The van der Waals surface area contributed by atoms with Crippen LogP contribution in [0.2, 0.25) is 0 Å². The van der Waals surface area contributed by atoms with E-state index in [0.717, 1.165) is 20.0 Å². The van der Waals surface area contributed by atoms with Gasteiger partial charge in [-0.3, -0.25) is 10.1 Å². The summed E-state index contributed by atoms with van der Waals surface area (Å²) in [6, 6.07) is 0. The Balaban J connectivity index is 2.14. The molecule has 1 aromatic heterocycles. The van der Waals surface area contributed by atoms with Gasteiger partial charge >= 0.3 is 12.1 Å². The third kappa shape index (κ3) is 2.87. The van der Waals surface area contributed by atoms with E-state index in [1.165, 1.54) is 4.68 Å². The molecule has 1 saturated carbocycles. The molecule has 9 heteroatoms. The molecule has 1 heterocycles. The summed E-state index contributed by atoms with van der Waals surface area (Å²) in [5.74, 6) is -1.76. The van der Waals surface area contributed by atoms with Gasteiger partial charge in [0.05, 0.1) is 12.8 Å². The van der Waals surface area contributed by atoms with E-state index >= 15 is 0 Å². The monoisotopic (exact) mass is 268 g/mol. The van der Waals surface area contributed by atoms with Crippen LogP contribution in [-0.2, 0) is 16.1 Å². The average molecular weight is 268 g/mol. The van der Waals surface area contributed by atoms with Crippen molar-refractivity contribution in [2.75, 3.05) is 7.11 Å². The number of amides is 2. The number of hydrogen-bond acceptors (Lipinski definition) is 6. The zero-order valence-corrected chi connectivity index (χ0v) is 10.1. The summed E-state index contributed by atoms with van der Waals surface area (Å²) in [5, 5.41) is 18.1. The minimum Gasteiger partial charge on any atom is -0.476 e. The standard InChI is InChI=1S/C10H12N4O5/c1-19-10(18)11-6(15)4-14-8(5-2-3-5)7(9(16)17)12-13-14/h5H,2-4H2,1H3,(H,16,17)(H,11,15,18). The lowest BCUT2D eigenvalue weighted by Crippen LogP contribution is -2.33. The second kappa shape index (κ2) is 5.04. The van der Waals surface area contributed by atoms with Crippen LogP contribution in [0.25, 0.3) is 0 Å². The molecule has 2 rings (SSSR count). The summed E-state index contributed by atoms with van der Waals surface area (Å²) in [6.45, 7) is -0.277. The average Bonchev–Trinajstić information content (AvgIpc) is 3.10. The van der Waals surface area contributed by atoms with Gasteiger partial charge < -0.3 is 9.84 Å². The van der Waals surface area contributed by atoms with Crippen molar-refractivity contribution in [3.63, 3.8) is 0 Å². The number of aromatic carboxylic acids is 1. The maximum atomic E-state index is 11.5. The quantitative estimate of drug-likeness (QED) is 0.770. The smallest absolute Gasteiger partial charge is 0.413 e. The molecule has 0 atom stereocenters. The van der Waals surface area contributed by atoms with Crippen molar-refractivity contribution in [3.8, 4) is 0 Å². The Morgan fingerprint density at radius 2 is 2.16 bits per heavy atom. The van der Waals surface area contributed by atoms with Crippen LogP contribution in [0.5, 0.6) is 0 Å². The fraction of sp³-hybridized carbons (Fsp3) is 0.500. The largest absolute Gasteiger partial charge is 0.476 e. The lowest BCUT2D eigenvalue weighted by atomic mass is 10.2. The fourth-order valence-electron chi connectivity index (χ4n) is 1.69. The van der Waals surface area contributed by atoms with Crippen LogP contribution in [0.15, 0.2) is 0 Å². The zero-order chi connectivity index (χ0) is 14.0. The number of aromatic nitrogens is 3. The minimum atomic E-state index is -1.18. The van der Waals surface area contributed by atoms with E-state index in [-0.39, 0.29) is 18.2 Å². The summed E-state index contributed by atoms with van der Waals surface area (Å²) < 4.78 is 5.49. The molecule has 0 unspecified atom stereocenters. The maximum Gasteiger partial charge on any atom is 0.413 e. The molecule has 1 aromatic rings. The topological polar surface area (TPSA) is 123 Å². The number of ether oxygens (including phenoxy) is 1. The van der Waals surface area contributed by atoms with Crippen LogP contribution in [0.1, 0.15) is 34.9 Å². The third-order valence-electron chi connectivity index (χ3n) is 2.66. The molecule has 1 aliphatic rings. The molecule has 0 aliphatic heterocycles. The van der Waals surface area contributed by atoms with E-state index in [4.69, 9.17) is 5.11 Å². The Labute approximate surface area is 107 Å². The maximum absolute atomic E-state index is 11.5. The number of carbonyl (C=O) groups excluding carboxylic acids is 2. The van der Waals surface area contributed by atoms with Gasteiger partial charge in [-0.05, 0) is 12.8 Å². The van der Waals surface area contributed by atoms with Crippen LogP contribution < -0.4 is 5.32 Å². The van der Waals surface area contributed by atoms with Gasteiger partial charge in [0.2, 0.25) is 0 Å². The first kappa shape index (κ1) is 13.0. The fourth-order valence-corrected chi connectivity index (χ4v) is 1.69. The summed E-state index contributed by atoms with van der Waals surface area (Å²) in [6.07, 6.45) is 0.801. The molecule has 102 valence electrons. The van der Waals surface area contributed by atoms with Crippen molar-refractivity contribution in [1.29, 1.82) is 0 Å². The number of carbonyl (C=O) groups is 3. The molecule has 2 N–H and O–H groups in total. The number of rotatable bonds is 4. The normalized spacial score (nSPS) is 13.9. The zero-order valence-electron chi connectivity index (χ0n) is 10.1. The van der Waals surface area contributed by atoms with Crippen LogP contribution >= 0.6 is 0 Å². The SMILES string of the molecule is COC(=O)NC(=O)Cn1nnc(C(=O)O)c1C1CC1. The lowest BCUT2D eigenvalue weighted by Gasteiger charge is -2.05. The first-order valence-electron chi connectivity index (χ1n) is 5.57. The summed E-state index contributed by atoms with van der Waals surface area (Å²) in [4.78, 5) is 33.4. The Morgan fingerprint density at radius 3 is 2.68 bits per heavy atom. The van der Waals surface area contributed by atoms with Gasteiger partial charge in [0, 0.05) is 5.92 Å². The van der Waals surface area contributed by atoms with E-state index in [0.29, 0.717) is 5.69 Å². The molecule has 0 aromatic carbocycles. The third-order valence-corrected chi connectivity index (χ3v) is 2.66. The van der Waals surface area contributed by atoms with Gasteiger partial charge in [0.1, 0.15) is 6.54 Å². The predicted octanol–water partition coefficient (Wildman–Crippen LogP) is -0.264. The van der Waals surface area contributed by atoms with Gasteiger partial charge in [-0.15, -0.1) is 5.10 Å². The Kier molecular flexibility index (Phi) is 3.45. The van der Waals surface area contributed by atoms with Crippen LogP contribution in [0.3, 0.4) is 0 Å². The highest BCUT2D eigenvalue weighted by Gasteiger charge is 2.34. The first-order valence-corrected chi connectivity index (χ1v) is 5.57. The summed E-state index contributed by atoms with van der Waals surface area (Å²) in [5.41, 5.74) is 0.279. The molecule has 0 spiro atoms. The van der Waals surface area contributed by atoms with E-state index in [1.807, 2.05) is 5.32 Å². The van der Waals surface area contributed by atoms with Crippen molar-refractivity contribution in [3.05, 3.63) is 11.4 Å². The van der Waals surface area contributed by atoms with Gasteiger partial charge in [0.25, 0.3) is 5.91 Å². The Morgan fingerprint density at radius 1 is 1.47 bits per heavy atom. The van der Waals surface area contributed by atoms with E-state index in [2.05, 4.69) is 15.0 Å². The molecule has 0 saturated heterocycles. The van der Waals surface area contributed by atoms with Crippen molar-refractivity contribution < 1.29 is 24.2 Å². The molecule has 1 fully saturated rings. The van der Waals surface area contributed by atoms with Gasteiger partial charge in [-0.25, -0.2) is 14.3 Å². The van der Waals surface area contributed by atoms with Crippen molar-refractivity contribution in [2.24, 2.45) is 0 Å². The molecule has 0 radical (unpaired) electrons. The van der Waals surface area contributed by atoms with Gasteiger partial charge in [-0.2, -0.15) is 0 Å². The second-order valence-electron chi connectivity index (χ2n) is 4.10. The van der Waals surface area contributed by atoms with Crippen LogP contribution in [0.4, 0.5) is 4.79 Å². The predicted molar refractivity (Wildman–Crippen MR) is 59.5 cm³/mol. The molecule has 0 bridgehead atoms. The number of nitrogens with zero attached hydrogens (tertiary/aromatic N) is 3. The molecular formula is C10H12N4O5. The van der Waals surface area contributed by atoms with Gasteiger partial charge in [-0.1, -0.05) is 5.21 Å². The summed E-state index contributed by atoms with van der Waals surface area (Å²) >= 11 is 0. The molecule has 19 heavy (non-hydrogen) atoms. The van der Waals surface area contributed by atoms with E-state index in [9.17, 15) is 14.4 Å². The number of alkyl carbamates (subject to hydrolysis) is 1. The second-order valence-corrected chi connectivity index (χ2v) is 4.10. The number of hydrogen-bond donors (Lipinski definition) is 2. The van der Waals surface area contributed by atoms with Crippen LogP contribution in [-0.4, -0.2) is 45.2 Å². The number of nitrogens with one attached hydrogen (secondary N) is 1. The molecular weight excluding hydrogens is 256 g/mol. The lowest BCUT2D eigenvalue weighted by molar-refractivity contribution is -0.121. The molecule has 9 nitrogen and oxygen atoms in total. The highest BCUT2D eigenvalue weighted by Crippen LogP contribution is 2.41. The van der Waals surface area contributed by atoms with Gasteiger partial charge in [0.15, 0.2) is 5.69 Å². The van der Waals surface area contributed by atoms with Crippen molar-refractivity contribution in [1.82, 2.24) is 20.3 Å². The van der Waals surface area contributed by atoms with Crippen molar-refractivity contribution in [2.45, 2.75) is 25.3 Å². The van der Waals surface area contributed by atoms with Crippen molar-refractivity contribution >= 4 is 18.0 Å². The van der Waals surface area contributed by atoms with Crippen LogP contribution in [0, 0.1) is 0 Å². The minimum absolute atomic E-state index is 0.0621. The summed E-state index contributed by atoms with van der Waals surface area (Å²) in [7, 11) is 1.14. The molecule has 2 amide bonds. The molecule has 1 aliphatic carbocycles. The Hall–Kier alpha value is -2.45.